The van der Waals surface area contributed by atoms with Gasteiger partial charge in [0.05, 0.1) is 12.8 Å². The van der Waals surface area contributed by atoms with Crippen molar-refractivity contribution in [3.8, 4) is 0 Å². The molecule has 3 aromatic rings. The molecule has 0 saturated heterocycles. The molecule has 1 amide bonds. The molecule has 0 bridgehead atoms. The molecule has 1 aromatic heterocycles. The second-order valence-corrected chi connectivity index (χ2v) is 10.1. The number of sulfonamides is 1. The highest BCUT2D eigenvalue weighted by atomic mass is 35.5. The minimum atomic E-state index is -4.27. The number of nitrogens with zero attached hydrogens (tertiary/aromatic N) is 1. The van der Waals surface area contributed by atoms with E-state index in [9.17, 15) is 18.0 Å². The average Bonchev–Trinajstić information content (AvgIpc) is 3.26. The van der Waals surface area contributed by atoms with E-state index in [4.69, 9.17) is 16.3 Å². The first-order chi connectivity index (χ1) is 15.1. The number of aryl methyl sites for hydroxylation is 2. The summed E-state index contributed by atoms with van der Waals surface area (Å²) in [4.78, 5) is 24.6. The number of ether oxygens (including phenoxy) is 1. The smallest absolute Gasteiger partial charge is 0.349 e. The van der Waals surface area contributed by atoms with Crippen LogP contribution in [0, 0.1) is 13.8 Å². The average molecular weight is 493 g/mol. The first kappa shape index (κ1) is 23.8. The second kappa shape index (κ2) is 9.72. The van der Waals surface area contributed by atoms with Crippen LogP contribution < -0.4 is 9.62 Å². The molecule has 0 radical (unpaired) electrons. The normalized spacial score (nSPS) is 11.1. The zero-order valence-corrected chi connectivity index (χ0v) is 20.0. The molecular formula is C22H21ClN2O5S2. The number of benzene rings is 2. The predicted molar refractivity (Wildman–Crippen MR) is 126 cm³/mol. The van der Waals surface area contributed by atoms with Gasteiger partial charge in [-0.05, 0) is 72.8 Å². The van der Waals surface area contributed by atoms with Crippen molar-refractivity contribution in [3.63, 3.8) is 0 Å². The number of amides is 1. The van der Waals surface area contributed by atoms with E-state index in [1.54, 1.807) is 6.07 Å². The van der Waals surface area contributed by atoms with E-state index in [0.717, 1.165) is 26.8 Å². The molecule has 3 rings (SSSR count). The number of hydrogen-bond acceptors (Lipinski definition) is 6. The highest BCUT2D eigenvalue weighted by Crippen LogP contribution is 2.30. The van der Waals surface area contributed by atoms with Crippen molar-refractivity contribution in [3.05, 3.63) is 74.9 Å². The molecule has 0 fully saturated rings. The predicted octanol–water partition coefficient (Wildman–Crippen LogP) is 4.64. The molecule has 0 aliphatic carbocycles. The van der Waals surface area contributed by atoms with Crippen LogP contribution in [0.25, 0.3) is 0 Å². The molecular weight excluding hydrogens is 472 g/mol. The number of hydrogen-bond donors (Lipinski definition) is 1. The first-order valence-electron chi connectivity index (χ1n) is 9.44. The van der Waals surface area contributed by atoms with Gasteiger partial charge in [-0.3, -0.25) is 9.10 Å². The van der Waals surface area contributed by atoms with E-state index in [1.807, 2.05) is 26.0 Å². The molecule has 0 aliphatic rings. The summed E-state index contributed by atoms with van der Waals surface area (Å²) in [6.07, 6.45) is 0. The van der Waals surface area contributed by atoms with Gasteiger partial charge < -0.3 is 10.1 Å². The summed E-state index contributed by atoms with van der Waals surface area (Å²) in [6.45, 7) is 3.36. The van der Waals surface area contributed by atoms with E-state index in [1.165, 1.54) is 42.8 Å². The quantitative estimate of drug-likeness (QED) is 0.485. The number of esters is 1. The third kappa shape index (κ3) is 5.12. The number of halogens is 1. The number of nitrogens with one attached hydrogen (secondary N) is 1. The van der Waals surface area contributed by atoms with Crippen molar-refractivity contribution in [2.75, 3.05) is 23.3 Å². The van der Waals surface area contributed by atoms with Crippen molar-refractivity contribution < 1.29 is 22.7 Å². The Bertz CT molecular complexity index is 1250. The van der Waals surface area contributed by atoms with Crippen LogP contribution >= 0.6 is 22.9 Å². The number of thiophene rings is 1. The SMILES string of the molecule is COC(=O)c1sccc1S(=O)(=O)N(CC(=O)Nc1ccc(C)c(C)c1)c1ccc(Cl)cc1. The summed E-state index contributed by atoms with van der Waals surface area (Å²) in [7, 11) is -3.10. The lowest BCUT2D eigenvalue weighted by atomic mass is 10.1. The van der Waals surface area contributed by atoms with Crippen LogP contribution in [0.1, 0.15) is 20.8 Å². The van der Waals surface area contributed by atoms with Crippen LogP contribution in [0.5, 0.6) is 0 Å². The summed E-state index contributed by atoms with van der Waals surface area (Å²) in [5.74, 6) is -1.31. The van der Waals surface area contributed by atoms with E-state index < -0.39 is 28.4 Å². The van der Waals surface area contributed by atoms with Crippen LogP contribution in [-0.4, -0.2) is 33.9 Å². The number of anilines is 2. The zero-order chi connectivity index (χ0) is 23.5. The molecule has 7 nitrogen and oxygen atoms in total. The fourth-order valence-corrected chi connectivity index (χ4v) is 5.79. The van der Waals surface area contributed by atoms with Gasteiger partial charge in [0.2, 0.25) is 5.91 Å². The van der Waals surface area contributed by atoms with Crippen LogP contribution in [-0.2, 0) is 19.6 Å². The minimum Gasteiger partial charge on any atom is -0.465 e. The Labute approximate surface area is 195 Å². The molecule has 1 N–H and O–H groups in total. The monoisotopic (exact) mass is 492 g/mol. The maximum atomic E-state index is 13.5. The number of methoxy groups -OCH3 is 1. The largest absolute Gasteiger partial charge is 0.465 e. The number of carbonyl (C=O) groups is 2. The standard InChI is InChI=1S/C22H21ClN2O5S2/c1-14-4-7-17(12-15(14)2)24-20(26)13-25(18-8-5-16(23)6-9-18)32(28,29)19-10-11-31-21(19)22(27)30-3/h4-12H,13H2,1-3H3,(H,24,26). The Morgan fingerprint density at radius 1 is 1.06 bits per heavy atom. The van der Waals surface area contributed by atoms with Crippen molar-refractivity contribution in [2.45, 2.75) is 18.7 Å². The molecule has 0 spiro atoms. The minimum absolute atomic E-state index is 0.0685. The van der Waals surface area contributed by atoms with Gasteiger partial charge in [0.15, 0.2) is 0 Å². The van der Waals surface area contributed by atoms with E-state index >= 15 is 0 Å². The Morgan fingerprint density at radius 2 is 1.75 bits per heavy atom. The van der Waals surface area contributed by atoms with Gasteiger partial charge in [0, 0.05) is 10.7 Å². The van der Waals surface area contributed by atoms with Gasteiger partial charge in [-0.1, -0.05) is 17.7 Å². The lowest BCUT2D eigenvalue weighted by Gasteiger charge is -2.24. The van der Waals surface area contributed by atoms with Crippen LogP contribution in [0.15, 0.2) is 58.8 Å². The Morgan fingerprint density at radius 3 is 2.38 bits per heavy atom. The highest BCUT2D eigenvalue weighted by molar-refractivity contribution is 7.93. The topological polar surface area (TPSA) is 92.8 Å². The van der Waals surface area contributed by atoms with Crippen LogP contribution in [0.3, 0.4) is 0 Å². The molecule has 0 atom stereocenters. The zero-order valence-electron chi connectivity index (χ0n) is 17.6. The summed E-state index contributed by atoms with van der Waals surface area (Å²) in [5, 5.41) is 4.62. The molecule has 1 heterocycles. The summed E-state index contributed by atoms with van der Waals surface area (Å²) < 4.78 is 32.7. The summed E-state index contributed by atoms with van der Waals surface area (Å²) in [6, 6.07) is 12.8. The Hall–Kier alpha value is -2.88. The van der Waals surface area contributed by atoms with Gasteiger partial charge in [0.25, 0.3) is 10.0 Å². The van der Waals surface area contributed by atoms with Crippen LogP contribution in [0.4, 0.5) is 11.4 Å². The maximum Gasteiger partial charge on any atom is 0.349 e. The summed E-state index contributed by atoms with van der Waals surface area (Å²) in [5.41, 5.74) is 2.84. The molecule has 168 valence electrons. The molecule has 0 unspecified atom stereocenters. The first-order valence-corrected chi connectivity index (χ1v) is 12.1. The molecule has 0 saturated carbocycles. The van der Waals surface area contributed by atoms with Gasteiger partial charge in [-0.25, -0.2) is 13.2 Å². The van der Waals surface area contributed by atoms with Gasteiger partial charge in [-0.15, -0.1) is 11.3 Å². The van der Waals surface area contributed by atoms with E-state index in [-0.39, 0.29) is 15.5 Å². The van der Waals surface area contributed by atoms with Crippen LogP contribution in [0.2, 0.25) is 5.02 Å². The van der Waals surface area contributed by atoms with Gasteiger partial charge in [0.1, 0.15) is 16.3 Å². The lowest BCUT2D eigenvalue weighted by molar-refractivity contribution is -0.114. The fourth-order valence-electron chi connectivity index (χ4n) is 2.93. The third-order valence-corrected chi connectivity index (χ3v) is 7.85. The third-order valence-electron chi connectivity index (χ3n) is 4.76. The van der Waals surface area contributed by atoms with E-state index in [0.29, 0.717) is 10.7 Å². The van der Waals surface area contributed by atoms with Crippen molar-refractivity contribution >= 4 is 56.2 Å². The van der Waals surface area contributed by atoms with E-state index in [2.05, 4.69) is 5.32 Å². The maximum absolute atomic E-state index is 13.5. The van der Waals surface area contributed by atoms with Crippen molar-refractivity contribution in [1.82, 2.24) is 0 Å². The number of carbonyl (C=O) groups excluding carboxylic acids is 2. The Balaban J connectivity index is 1.98. The molecule has 10 heteroatoms. The molecule has 32 heavy (non-hydrogen) atoms. The summed E-state index contributed by atoms with van der Waals surface area (Å²) >= 11 is 6.90. The fraction of sp³-hybridized carbons (Fsp3) is 0.182. The second-order valence-electron chi connectivity index (χ2n) is 6.94. The molecule has 2 aromatic carbocycles. The van der Waals surface area contributed by atoms with Crippen molar-refractivity contribution in [1.29, 1.82) is 0 Å². The Kier molecular flexibility index (Phi) is 7.22. The van der Waals surface area contributed by atoms with Gasteiger partial charge in [-0.2, -0.15) is 0 Å². The number of rotatable bonds is 7. The van der Waals surface area contributed by atoms with Crippen molar-refractivity contribution in [2.24, 2.45) is 0 Å². The van der Waals surface area contributed by atoms with Gasteiger partial charge >= 0.3 is 5.97 Å². The molecule has 0 aliphatic heterocycles. The lowest BCUT2D eigenvalue weighted by Crippen LogP contribution is -2.38. The highest BCUT2D eigenvalue weighted by Gasteiger charge is 2.32.